The summed E-state index contributed by atoms with van der Waals surface area (Å²) < 4.78 is 39.4. The van der Waals surface area contributed by atoms with Crippen LogP contribution in [-0.2, 0) is 23.0 Å². The van der Waals surface area contributed by atoms with E-state index in [4.69, 9.17) is 0 Å². The number of para-hydroxylation sites is 1. The Kier molecular flexibility index (Phi) is 7.27. The first-order valence-corrected chi connectivity index (χ1v) is 12.0. The van der Waals surface area contributed by atoms with Gasteiger partial charge in [0.05, 0.1) is 23.5 Å². The van der Waals surface area contributed by atoms with Crippen LogP contribution >= 0.6 is 12.4 Å². The first kappa shape index (κ1) is 25.2. The number of rotatable bonds is 7. The second-order valence-corrected chi connectivity index (χ2v) is 9.57. The van der Waals surface area contributed by atoms with Crippen LogP contribution in [0.25, 0.3) is 22.4 Å². The highest BCUT2D eigenvalue weighted by Gasteiger charge is 2.18. The Hall–Kier alpha value is -3.44. The van der Waals surface area contributed by atoms with Crippen molar-refractivity contribution < 1.29 is 17.9 Å². The minimum Gasteiger partial charge on any atom is -0.505 e. The third kappa shape index (κ3) is 4.90. The number of phenols is 1. The molecular formula is C22H24ClFN6O3S. The lowest BCUT2D eigenvalue weighted by molar-refractivity contribution is 0.432. The van der Waals surface area contributed by atoms with E-state index in [1.54, 1.807) is 18.3 Å². The van der Waals surface area contributed by atoms with Crippen molar-refractivity contribution in [3.05, 3.63) is 59.5 Å². The molecule has 0 saturated carbocycles. The molecule has 9 nitrogen and oxygen atoms in total. The normalized spacial score (nSPS) is 11.3. The number of anilines is 2. The van der Waals surface area contributed by atoms with Crippen molar-refractivity contribution in [2.45, 2.75) is 19.9 Å². The van der Waals surface area contributed by atoms with Gasteiger partial charge in [0, 0.05) is 19.2 Å². The molecule has 180 valence electrons. The molecular weight excluding hydrogens is 483 g/mol. The Morgan fingerprint density at radius 2 is 1.91 bits per heavy atom. The van der Waals surface area contributed by atoms with Crippen molar-refractivity contribution in [3.63, 3.8) is 0 Å². The van der Waals surface area contributed by atoms with Crippen molar-refractivity contribution in [3.8, 4) is 17.1 Å². The summed E-state index contributed by atoms with van der Waals surface area (Å²) in [6, 6.07) is 9.72. The maximum absolute atomic E-state index is 14.1. The number of aromatic hydroxyl groups is 1. The molecule has 2 aromatic carbocycles. The van der Waals surface area contributed by atoms with Gasteiger partial charge in [0.2, 0.25) is 10.0 Å². The molecule has 4 rings (SSSR count). The molecule has 0 atom stereocenters. The number of nitrogens with zero attached hydrogens (tertiary/aromatic N) is 4. The Labute approximate surface area is 202 Å². The number of phenolic OH excluding ortho intramolecular Hbond substituents is 1. The van der Waals surface area contributed by atoms with Crippen molar-refractivity contribution in [2.75, 3.05) is 22.9 Å². The van der Waals surface area contributed by atoms with Crippen LogP contribution < -0.4 is 9.62 Å². The molecule has 34 heavy (non-hydrogen) atoms. The fraction of sp³-hybridized carbons (Fsp3) is 0.227. The number of aryl methyl sites for hydroxylation is 1. The molecule has 2 heterocycles. The van der Waals surface area contributed by atoms with E-state index in [1.807, 2.05) is 19.1 Å². The van der Waals surface area contributed by atoms with Gasteiger partial charge in [-0.05, 0) is 35.7 Å². The van der Waals surface area contributed by atoms with Crippen molar-refractivity contribution in [2.24, 2.45) is 0 Å². The van der Waals surface area contributed by atoms with Crippen LogP contribution in [-0.4, -0.2) is 47.0 Å². The summed E-state index contributed by atoms with van der Waals surface area (Å²) in [5.41, 5.74) is 2.90. The van der Waals surface area contributed by atoms with Gasteiger partial charge in [-0.15, -0.1) is 12.4 Å². The van der Waals surface area contributed by atoms with E-state index in [9.17, 15) is 17.9 Å². The molecule has 2 aromatic heterocycles. The van der Waals surface area contributed by atoms with Crippen LogP contribution in [0, 0.1) is 5.82 Å². The van der Waals surface area contributed by atoms with E-state index in [-0.39, 0.29) is 24.8 Å². The fourth-order valence-electron chi connectivity index (χ4n) is 3.52. The first-order chi connectivity index (χ1) is 15.7. The van der Waals surface area contributed by atoms with Gasteiger partial charge in [-0.3, -0.25) is 9.40 Å². The Morgan fingerprint density at radius 1 is 1.18 bits per heavy atom. The number of benzene rings is 2. The van der Waals surface area contributed by atoms with Gasteiger partial charge in [-0.1, -0.05) is 25.1 Å². The molecule has 12 heteroatoms. The summed E-state index contributed by atoms with van der Waals surface area (Å²) >= 11 is 0. The number of H-pyrrole nitrogens is 1. The average molecular weight is 507 g/mol. The molecule has 0 radical (unpaired) electrons. The van der Waals surface area contributed by atoms with E-state index in [0.717, 1.165) is 11.8 Å². The summed E-state index contributed by atoms with van der Waals surface area (Å²) in [6.07, 6.45) is 3.26. The fourth-order valence-corrected chi connectivity index (χ4v) is 4.06. The Bertz CT molecular complexity index is 1440. The van der Waals surface area contributed by atoms with Gasteiger partial charge in [0.1, 0.15) is 5.82 Å². The molecule has 4 aromatic rings. The number of halogens is 2. The summed E-state index contributed by atoms with van der Waals surface area (Å²) in [4.78, 5) is 9.07. The van der Waals surface area contributed by atoms with Crippen LogP contribution in [0.3, 0.4) is 0 Å². The van der Waals surface area contributed by atoms with Gasteiger partial charge in [-0.2, -0.15) is 5.10 Å². The van der Waals surface area contributed by atoms with Crippen LogP contribution in [0.5, 0.6) is 5.75 Å². The molecule has 0 unspecified atom stereocenters. The highest BCUT2D eigenvalue weighted by atomic mass is 35.5. The quantitative estimate of drug-likeness (QED) is 0.347. The number of aromatic nitrogens is 4. The smallest absolute Gasteiger partial charge is 0.232 e. The zero-order chi connectivity index (χ0) is 23.8. The monoisotopic (exact) mass is 506 g/mol. The second kappa shape index (κ2) is 9.82. The third-order valence-corrected chi connectivity index (χ3v) is 6.57. The van der Waals surface area contributed by atoms with Gasteiger partial charge >= 0.3 is 0 Å². The SMILES string of the molecule is CCc1cc(O)c(F)cc1-c1nc(NCc2ccccc2N(C)S(C)(=O)=O)c2cn[nH]c2n1.Cl. The lowest BCUT2D eigenvalue weighted by Gasteiger charge is -2.20. The lowest BCUT2D eigenvalue weighted by atomic mass is 10.0. The first-order valence-electron chi connectivity index (χ1n) is 10.2. The minimum atomic E-state index is -3.44. The number of sulfonamides is 1. The highest BCUT2D eigenvalue weighted by Crippen LogP contribution is 2.31. The molecule has 0 amide bonds. The van der Waals surface area contributed by atoms with Crippen molar-refractivity contribution >= 4 is 45.0 Å². The van der Waals surface area contributed by atoms with Crippen LogP contribution in [0.15, 0.2) is 42.6 Å². The largest absolute Gasteiger partial charge is 0.505 e. The van der Waals surface area contributed by atoms with E-state index in [2.05, 4.69) is 25.5 Å². The summed E-state index contributed by atoms with van der Waals surface area (Å²) in [7, 11) is -1.94. The van der Waals surface area contributed by atoms with Crippen LogP contribution in [0.4, 0.5) is 15.9 Å². The highest BCUT2D eigenvalue weighted by molar-refractivity contribution is 7.92. The van der Waals surface area contributed by atoms with E-state index in [1.165, 1.54) is 23.5 Å². The van der Waals surface area contributed by atoms with E-state index in [0.29, 0.717) is 40.1 Å². The summed E-state index contributed by atoms with van der Waals surface area (Å²) in [6.45, 7) is 2.16. The molecule has 3 N–H and O–H groups in total. The number of nitrogens with one attached hydrogen (secondary N) is 2. The molecule has 0 aliphatic rings. The zero-order valence-electron chi connectivity index (χ0n) is 18.7. The second-order valence-electron chi connectivity index (χ2n) is 7.56. The lowest BCUT2D eigenvalue weighted by Crippen LogP contribution is -2.26. The number of hydrogen-bond donors (Lipinski definition) is 3. The maximum Gasteiger partial charge on any atom is 0.232 e. The maximum atomic E-state index is 14.1. The molecule has 0 saturated heterocycles. The molecule has 0 aliphatic carbocycles. The molecule has 0 bridgehead atoms. The number of fused-ring (bicyclic) bond motifs is 1. The number of hydrogen-bond acceptors (Lipinski definition) is 7. The summed E-state index contributed by atoms with van der Waals surface area (Å²) in [5, 5.41) is 20.5. The third-order valence-electron chi connectivity index (χ3n) is 5.38. The standard InChI is InChI=1S/C22H23FN6O3S.ClH/c1-4-13-9-19(30)17(23)10-15(13)21-26-20(16-12-25-28-22(16)27-21)24-11-14-7-5-6-8-18(14)29(2)33(3,31)32;/h5-10,12,30H,4,11H2,1-3H3,(H2,24,25,26,27,28);1H. The van der Waals surface area contributed by atoms with Crippen molar-refractivity contribution in [1.29, 1.82) is 0 Å². The van der Waals surface area contributed by atoms with Crippen LogP contribution in [0.1, 0.15) is 18.1 Å². The van der Waals surface area contributed by atoms with Gasteiger partial charge < -0.3 is 10.4 Å². The topological polar surface area (TPSA) is 124 Å². The van der Waals surface area contributed by atoms with E-state index >= 15 is 0 Å². The molecule has 0 spiro atoms. The van der Waals surface area contributed by atoms with Gasteiger partial charge in [0.15, 0.2) is 23.0 Å². The molecule has 0 aliphatic heterocycles. The Morgan fingerprint density at radius 3 is 2.62 bits per heavy atom. The predicted molar refractivity (Wildman–Crippen MR) is 132 cm³/mol. The van der Waals surface area contributed by atoms with Crippen LogP contribution in [0.2, 0.25) is 0 Å². The average Bonchev–Trinajstić information content (AvgIpc) is 3.27. The minimum absolute atomic E-state index is 0. The van der Waals surface area contributed by atoms with E-state index < -0.39 is 21.6 Å². The van der Waals surface area contributed by atoms with Crippen molar-refractivity contribution in [1.82, 2.24) is 20.2 Å². The van der Waals surface area contributed by atoms with Gasteiger partial charge in [-0.25, -0.2) is 22.8 Å². The zero-order valence-corrected chi connectivity index (χ0v) is 20.3. The number of aromatic amines is 1. The Balaban J connectivity index is 0.00000324. The van der Waals surface area contributed by atoms with Gasteiger partial charge in [0.25, 0.3) is 0 Å². The predicted octanol–water partition coefficient (Wildman–Crippen LogP) is 3.86. The summed E-state index contributed by atoms with van der Waals surface area (Å²) in [5.74, 6) is -0.464. The molecule has 0 fully saturated rings.